The monoisotopic (exact) mass is 328 g/mol. The van der Waals surface area contributed by atoms with E-state index in [-0.39, 0.29) is 18.4 Å². The average Bonchev–Trinajstić information content (AvgIpc) is 3.04. The fraction of sp³-hybridized carbons (Fsp3) is 0.176. The first-order chi connectivity index (χ1) is 11.0. The maximum atomic E-state index is 12.1. The maximum absolute atomic E-state index is 12.1. The van der Waals surface area contributed by atoms with E-state index in [4.69, 9.17) is 4.74 Å². The van der Waals surface area contributed by atoms with Crippen LogP contribution in [-0.2, 0) is 4.79 Å². The SMILES string of the molecule is C=C(C)CN1C(=O)COc2cc(NC(=O)c3cccs3)ccc21. The van der Waals surface area contributed by atoms with E-state index in [0.29, 0.717) is 28.5 Å². The van der Waals surface area contributed by atoms with E-state index in [1.165, 1.54) is 11.3 Å². The topological polar surface area (TPSA) is 58.6 Å². The average molecular weight is 328 g/mol. The van der Waals surface area contributed by atoms with E-state index in [1.807, 2.05) is 18.4 Å². The van der Waals surface area contributed by atoms with Gasteiger partial charge in [0.15, 0.2) is 6.61 Å². The lowest BCUT2D eigenvalue weighted by atomic mass is 10.2. The molecule has 1 aromatic carbocycles. The highest BCUT2D eigenvalue weighted by Gasteiger charge is 2.25. The highest BCUT2D eigenvalue weighted by Crippen LogP contribution is 2.35. The smallest absolute Gasteiger partial charge is 0.265 e. The van der Waals surface area contributed by atoms with Crippen LogP contribution in [0.2, 0.25) is 0 Å². The number of rotatable bonds is 4. The van der Waals surface area contributed by atoms with Crippen molar-refractivity contribution in [3.8, 4) is 5.75 Å². The summed E-state index contributed by atoms with van der Waals surface area (Å²) in [5.74, 6) is 0.316. The highest BCUT2D eigenvalue weighted by molar-refractivity contribution is 7.12. The second-order valence-corrected chi connectivity index (χ2v) is 6.29. The molecule has 6 heteroatoms. The summed E-state index contributed by atoms with van der Waals surface area (Å²) < 4.78 is 5.49. The first-order valence-electron chi connectivity index (χ1n) is 7.11. The minimum Gasteiger partial charge on any atom is -0.481 e. The fourth-order valence-corrected chi connectivity index (χ4v) is 2.94. The van der Waals surface area contributed by atoms with Gasteiger partial charge in [-0.15, -0.1) is 11.3 Å². The van der Waals surface area contributed by atoms with Gasteiger partial charge in [-0.05, 0) is 30.5 Å². The Morgan fingerprint density at radius 1 is 1.43 bits per heavy atom. The first-order valence-corrected chi connectivity index (χ1v) is 7.99. The van der Waals surface area contributed by atoms with Gasteiger partial charge < -0.3 is 15.0 Å². The van der Waals surface area contributed by atoms with Crippen molar-refractivity contribution in [2.75, 3.05) is 23.4 Å². The van der Waals surface area contributed by atoms with E-state index >= 15 is 0 Å². The van der Waals surface area contributed by atoms with Gasteiger partial charge >= 0.3 is 0 Å². The molecule has 0 radical (unpaired) electrons. The largest absolute Gasteiger partial charge is 0.481 e. The molecule has 0 atom stereocenters. The molecular weight excluding hydrogens is 312 g/mol. The lowest BCUT2D eigenvalue weighted by molar-refractivity contribution is -0.121. The number of hydrogen-bond acceptors (Lipinski definition) is 4. The zero-order chi connectivity index (χ0) is 16.4. The number of carbonyl (C=O) groups excluding carboxylic acids is 2. The van der Waals surface area contributed by atoms with E-state index in [1.54, 1.807) is 29.2 Å². The van der Waals surface area contributed by atoms with Gasteiger partial charge in [0.2, 0.25) is 0 Å². The Hall–Kier alpha value is -2.60. The lowest BCUT2D eigenvalue weighted by Gasteiger charge is -2.29. The Morgan fingerprint density at radius 2 is 2.26 bits per heavy atom. The summed E-state index contributed by atoms with van der Waals surface area (Å²) in [5, 5.41) is 4.68. The number of nitrogens with zero attached hydrogens (tertiary/aromatic N) is 1. The fourth-order valence-electron chi connectivity index (χ4n) is 2.33. The van der Waals surface area contributed by atoms with Gasteiger partial charge in [0, 0.05) is 18.3 Å². The molecule has 0 saturated carbocycles. The third kappa shape index (κ3) is 3.27. The Bertz CT molecular complexity index is 768. The van der Waals surface area contributed by atoms with Gasteiger partial charge in [-0.25, -0.2) is 0 Å². The summed E-state index contributed by atoms with van der Waals surface area (Å²) >= 11 is 1.38. The van der Waals surface area contributed by atoms with Crippen molar-refractivity contribution in [3.05, 3.63) is 52.7 Å². The molecule has 2 amide bonds. The van der Waals surface area contributed by atoms with Crippen LogP contribution in [0.25, 0.3) is 0 Å². The summed E-state index contributed by atoms with van der Waals surface area (Å²) in [4.78, 5) is 26.4. The van der Waals surface area contributed by atoms with Gasteiger partial charge in [0.25, 0.3) is 11.8 Å². The number of thiophene rings is 1. The lowest BCUT2D eigenvalue weighted by Crippen LogP contribution is -2.39. The number of nitrogens with one attached hydrogen (secondary N) is 1. The normalized spacial score (nSPS) is 13.3. The number of fused-ring (bicyclic) bond motifs is 1. The first kappa shape index (κ1) is 15.3. The summed E-state index contributed by atoms with van der Waals surface area (Å²) in [5.41, 5.74) is 2.21. The summed E-state index contributed by atoms with van der Waals surface area (Å²) in [6.07, 6.45) is 0. The molecule has 118 valence electrons. The molecule has 0 saturated heterocycles. The van der Waals surface area contributed by atoms with E-state index in [0.717, 1.165) is 5.57 Å². The van der Waals surface area contributed by atoms with Crippen molar-refractivity contribution in [1.29, 1.82) is 0 Å². The Morgan fingerprint density at radius 3 is 2.96 bits per heavy atom. The van der Waals surface area contributed by atoms with Gasteiger partial charge in [-0.3, -0.25) is 9.59 Å². The minimum absolute atomic E-state index is 0.0113. The summed E-state index contributed by atoms with van der Waals surface area (Å²) in [6.45, 7) is 6.17. The molecule has 1 aliphatic rings. The number of amides is 2. The third-order valence-electron chi connectivity index (χ3n) is 3.33. The molecule has 23 heavy (non-hydrogen) atoms. The van der Waals surface area contributed by atoms with Crippen LogP contribution in [0, 0.1) is 0 Å². The zero-order valence-corrected chi connectivity index (χ0v) is 13.5. The summed E-state index contributed by atoms with van der Waals surface area (Å²) in [6, 6.07) is 8.87. The van der Waals surface area contributed by atoms with Crippen molar-refractivity contribution in [3.63, 3.8) is 0 Å². The quantitative estimate of drug-likeness (QED) is 0.876. The predicted molar refractivity (Wildman–Crippen MR) is 91.4 cm³/mol. The molecule has 3 rings (SSSR count). The summed E-state index contributed by atoms with van der Waals surface area (Å²) in [7, 11) is 0. The number of ether oxygens (including phenoxy) is 1. The molecule has 0 fully saturated rings. The van der Waals surface area contributed by atoms with Crippen LogP contribution in [0.1, 0.15) is 16.6 Å². The third-order valence-corrected chi connectivity index (χ3v) is 4.20. The van der Waals surface area contributed by atoms with Crippen LogP contribution in [0.5, 0.6) is 5.75 Å². The molecule has 1 aromatic heterocycles. The van der Waals surface area contributed by atoms with E-state index in [2.05, 4.69) is 11.9 Å². The molecule has 5 nitrogen and oxygen atoms in total. The second-order valence-electron chi connectivity index (χ2n) is 5.34. The molecule has 2 aromatic rings. The van der Waals surface area contributed by atoms with Gasteiger partial charge in [0.1, 0.15) is 5.75 Å². The highest BCUT2D eigenvalue weighted by atomic mass is 32.1. The number of anilines is 2. The van der Waals surface area contributed by atoms with Crippen molar-refractivity contribution < 1.29 is 14.3 Å². The Balaban J connectivity index is 1.83. The van der Waals surface area contributed by atoms with E-state index < -0.39 is 0 Å². The van der Waals surface area contributed by atoms with E-state index in [9.17, 15) is 9.59 Å². The van der Waals surface area contributed by atoms with Crippen molar-refractivity contribution >= 4 is 34.5 Å². The second kappa shape index (κ2) is 6.26. The van der Waals surface area contributed by atoms with Crippen LogP contribution in [0.3, 0.4) is 0 Å². The van der Waals surface area contributed by atoms with Crippen molar-refractivity contribution in [1.82, 2.24) is 0 Å². The van der Waals surface area contributed by atoms with Gasteiger partial charge in [0.05, 0.1) is 10.6 Å². The molecule has 0 aliphatic carbocycles. The number of carbonyl (C=O) groups is 2. The van der Waals surface area contributed by atoms with Gasteiger partial charge in [-0.1, -0.05) is 18.2 Å². The molecule has 0 unspecified atom stereocenters. The van der Waals surface area contributed by atoms with Crippen LogP contribution in [-0.4, -0.2) is 25.0 Å². The molecule has 1 aliphatic heterocycles. The van der Waals surface area contributed by atoms with Crippen LogP contribution in [0.15, 0.2) is 47.9 Å². The molecule has 0 spiro atoms. The minimum atomic E-state index is -0.161. The predicted octanol–water partition coefficient (Wildman–Crippen LogP) is 3.30. The molecule has 1 N–H and O–H groups in total. The Labute approximate surface area is 138 Å². The zero-order valence-electron chi connectivity index (χ0n) is 12.7. The number of benzene rings is 1. The van der Waals surface area contributed by atoms with Crippen LogP contribution in [0.4, 0.5) is 11.4 Å². The van der Waals surface area contributed by atoms with Crippen LogP contribution >= 0.6 is 11.3 Å². The Kier molecular flexibility index (Phi) is 4.16. The van der Waals surface area contributed by atoms with Gasteiger partial charge in [-0.2, -0.15) is 0 Å². The van der Waals surface area contributed by atoms with Crippen LogP contribution < -0.4 is 15.0 Å². The molecule has 2 heterocycles. The molecule has 0 bridgehead atoms. The van der Waals surface area contributed by atoms with Crippen molar-refractivity contribution in [2.45, 2.75) is 6.92 Å². The maximum Gasteiger partial charge on any atom is 0.265 e. The van der Waals surface area contributed by atoms with Crippen molar-refractivity contribution in [2.24, 2.45) is 0 Å². The molecular formula is C17H16N2O3S. The standard InChI is InChI=1S/C17H16N2O3S/c1-11(2)9-19-13-6-5-12(8-14(13)22-10-16(19)20)18-17(21)15-4-3-7-23-15/h3-8H,1,9-10H2,2H3,(H,18,21). The number of hydrogen-bond donors (Lipinski definition) is 1.